The number of carbonyl (C=O) groups excluding carboxylic acids is 2. The van der Waals surface area contributed by atoms with Gasteiger partial charge in [-0.2, -0.15) is 0 Å². The standard InChI is InChI=1S/C19H19NO4/c1-23-14-8-10-15(11-9-14)24-13-5-4-12-20-18(21)16-6-2-3-7-17(16)19(20)22/h2-3,6-11H,4-5,12-13H2,1H3. The number of unbranched alkanes of at least 4 members (excludes halogenated alkanes) is 1. The molecule has 1 aliphatic rings. The molecular weight excluding hydrogens is 306 g/mol. The summed E-state index contributed by atoms with van der Waals surface area (Å²) >= 11 is 0. The largest absolute Gasteiger partial charge is 0.497 e. The molecule has 1 heterocycles. The van der Waals surface area contributed by atoms with Crippen molar-refractivity contribution in [3.8, 4) is 11.5 Å². The van der Waals surface area contributed by atoms with Crippen LogP contribution in [0.3, 0.4) is 0 Å². The Bertz CT molecular complexity index is 704. The molecule has 0 saturated carbocycles. The van der Waals surface area contributed by atoms with E-state index < -0.39 is 0 Å². The summed E-state index contributed by atoms with van der Waals surface area (Å²) in [6.45, 7) is 0.952. The van der Waals surface area contributed by atoms with Crippen LogP contribution in [0.25, 0.3) is 0 Å². The Hall–Kier alpha value is -2.82. The summed E-state index contributed by atoms with van der Waals surface area (Å²) in [5.74, 6) is 1.16. The van der Waals surface area contributed by atoms with E-state index in [1.165, 1.54) is 4.90 Å². The van der Waals surface area contributed by atoms with Crippen LogP contribution in [0, 0.1) is 0 Å². The second kappa shape index (κ2) is 7.17. The summed E-state index contributed by atoms with van der Waals surface area (Å²) in [5.41, 5.74) is 0.994. The molecule has 0 saturated heterocycles. The number of benzene rings is 2. The van der Waals surface area contributed by atoms with Crippen LogP contribution in [-0.2, 0) is 0 Å². The van der Waals surface area contributed by atoms with Crippen molar-refractivity contribution >= 4 is 11.8 Å². The molecule has 0 aromatic heterocycles. The highest BCUT2D eigenvalue weighted by Crippen LogP contribution is 2.22. The molecule has 2 amide bonds. The third-order valence-electron chi connectivity index (χ3n) is 3.98. The molecule has 0 bridgehead atoms. The van der Waals surface area contributed by atoms with E-state index in [9.17, 15) is 9.59 Å². The highest BCUT2D eigenvalue weighted by molar-refractivity contribution is 6.21. The van der Waals surface area contributed by atoms with Crippen LogP contribution >= 0.6 is 0 Å². The Morgan fingerprint density at radius 3 is 2.00 bits per heavy atom. The monoisotopic (exact) mass is 325 g/mol. The second-order valence-corrected chi connectivity index (χ2v) is 5.54. The molecule has 2 aromatic rings. The predicted octanol–water partition coefficient (Wildman–Crippen LogP) is 3.15. The molecule has 2 aromatic carbocycles. The summed E-state index contributed by atoms with van der Waals surface area (Å²) < 4.78 is 10.7. The zero-order valence-electron chi connectivity index (χ0n) is 13.5. The lowest BCUT2D eigenvalue weighted by Gasteiger charge is -2.13. The van der Waals surface area contributed by atoms with E-state index >= 15 is 0 Å². The molecule has 0 atom stereocenters. The van der Waals surface area contributed by atoms with Gasteiger partial charge >= 0.3 is 0 Å². The highest BCUT2D eigenvalue weighted by Gasteiger charge is 2.34. The number of amides is 2. The number of rotatable bonds is 7. The number of ether oxygens (including phenoxy) is 2. The van der Waals surface area contributed by atoms with Crippen LogP contribution in [0.15, 0.2) is 48.5 Å². The van der Waals surface area contributed by atoms with Gasteiger partial charge in [0.2, 0.25) is 0 Å². The molecule has 0 spiro atoms. The Labute approximate surface area is 140 Å². The topological polar surface area (TPSA) is 55.8 Å². The number of hydrogen-bond donors (Lipinski definition) is 0. The van der Waals surface area contributed by atoms with Crippen LogP contribution in [0.1, 0.15) is 33.6 Å². The quantitative estimate of drug-likeness (QED) is 0.580. The molecule has 5 heteroatoms. The van der Waals surface area contributed by atoms with Gasteiger partial charge < -0.3 is 9.47 Å². The predicted molar refractivity (Wildman–Crippen MR) is 89.5 cm³/mol. The summed E-state index contributed by atoms with van der Waals surface area (Å²) in [6.07, 6.45) is 1.47. The maximum atomic E-state index is 12.2. The Morgan fingerprint density at radius 2 is 1.42 bits per heavy atom. The van der Waals surface area contributed by atoms with Gasteiger partial charge in [0.25, 0.3) is 11.8 Å². The van der Waals surface area contributed by atoms with E-state index in [1.54, 1.807) is 31.4 Å². The second-order valence-electron chi connectivity index (χ2n) is 5.54. The number of imide groups is 1. The first-order valence-corrected chi connectivity index (χ1v) is 7.93. The van der Waals surface area contributed by atoms with Gasteiger partial charge in [-0.25, -0.2) is 0 Å². The van der Waals surface area contributed by atoms with E-state index in [2.05, 4.69) is 0 Å². The molecule has 24 heavy (non-hydrogen) atoms. The molecule has 1 aliphatic heterocycles. The average Bonchev–Trinajstić information content (AvgIpc) is 2.87. The molecule has 0 N–H and O–H groups in total. The van der Waals surface area contributed by atoms with Crippen molar-refractivity contribution in [1.82, 2.24) is 4.90 Å². The lowest BCUT2D eigenvalue weighted by molar-refractivity contribution is 0.0649. The van der Waals surface area contributed by atoms with Crippen molar-refractivity contribution < 1.29 is 19.1 Å². The summed E-state index contributed by atoms with van der Waals surface area (Å²) in [7, 11) is 1.62. The smallest absolute Gasteiger partial charge is 0.261 e. The fourth-order valence-corrected chi connectivity index (χ4v) is 2.68. The van der Waals surface area contributed by atoms with E-state index in [1.807, 2.05) is 24.3 Å². The van der Waals surface area contributed by atoms with Crippen molar-refractivity contribution in [1.29, 1.82) is 0 Å². The lowest BCUT2D eigenvalue weighted by atomic mass is 10.1. The average molecular weight is 325 g/mol. The Balaban J connectivity index is 1.44. The van der Waals surface area contributed by atoms with Crippen molar-refractivity contribution in [2.24, 2.45) is 0 Å². The van der Waals surface area contributed by atoms with Crippen LogP contribution in [-0.4, -0.2) is 37.0 Å². The van der Waals surface area contributed by atoms with Gasteiger partial charge in [0.05, 0.1) is 24.8 Å². The van der Waals surface area contributed by atoms with E-state index in [-0.39, 0.29) is 11.8 Å². The molecule has 0 fully saturated rings. The zero-order valence-corrected chi connectivity index (χ0v) is 13.5. The minimum Gasteiger partial charge on any atom is -0.497 e. The minimum absolute atomic E-state index is 0.202. The molecule has 0 aliphatic carbocycles. The van der Waals surface area contributed by atoms with Gasteiger partial charge in [-0.3, -0.25) is 14.5 Å². The molecule has 124 valence electrons. The van der Waals surface area contributed by atoms with E-state index in [4.69, 9.17) is 9.47 Å². The van der Waals surface area contributed by atoms with Gasteiger partial charge in [-0.05, 0) is 49.2 Å². The van der Waals surface area contributed by atoms with Gasteiger partial charge in [0.15, 0.2) is 0 Å². The lowest BCUT2D eigenvalue weighted by Crippen LogP contribution is -2.30. The first kappa shape index (κ1) is 16.1. The number of hydrogen-bond acceptors (Lipinski definition) is 4. The number of methoxy groups -OCH3 is 1. The summed E-state index contributed by atoms with van der Waals surface area (Å²) in [6, 6.07) is 14.3. The zero-order chi connectivity index (χ0) is 16.9. The fraction of sp³-hybridized carbons (Fsp3) is 0.263. The minimum atomic E-state index is -0.202. The van der Waals surface area contributed by atoms with Crippen LogP contribution in [0.2, 0.25) is 0 Å². The van der Waals surface area contributed by atoms with Crippen molar-refractivity contribution in [2.75, 3.05) is 20.3 Å². The maximum Gasteiger partial charge on any atom is 0.261 e. The fourth-order valence-electron chi connectivity index (χ4n) is 2.68. The van der Waals surface area contributed by atoms with Crippen LogP contribution in [0.5, 0.6) is 11.5 Å². The third kappa shape index (κ3) is 3.25. The Morgan fingerprint density at radius 1 is 0.833 bits per heavy atom. The number of carbonyl (C=O) groups is 2. The van der Waals surface area contributed by atoms with Gasteiger partial charge in [-0.15, -0.1) is 0 Å². The van der Waals surface area contributed by atoms with Gasteiger partial charge in [0, 0.05) is 6.54 Å². The third-order valence-corrected chi connectivity index (χ3v) is 3.98. The molecule has 0 unspecified atom stereocenters. The summed E-state index contributed by atoms with van der Waals surface area (Å²) in [5, 5.41) is 0. The van der Waals surface area contributed by atoms with Crippen LogP contribution < -0.4 is 9.47 Å². The Kier molecular flexibility index (Phi) is 4.79. The number of nitrogens with zero attached hydrogens (tertiary/aromatic N) is 1. The SMILES string of the molecule is COc1ccc(OCCCCN2C(=O)c3ccccc3C2=O)cc1. The normalized spacial score (nSPS) is 13.1. The van der Waals surface area contributed by atoms with Crippen molar-refractivity contribution in [2.45, 2.75) is 12.8 Å². The first-order valence-electron chi connectivity index (χ1n) is 7.93. The van der Waals surface area contributed by atoms with Gasteiger partial charge in [-0.1, -0.05) is 12.1 Å². The number of fused-ring (bicyclic) bond motifs is 1. The molecule has 0 radical (unpaired) electrons. The molecular formula is C19H19NO4. The maximum absolute atomic E-state index is 12.2. The van der Waals surface area contributed by atoms with E-state index in [0.29, 0.717) is 30.7 Å². The molecule has 5 nitrogen and oxygen atoms in total. The van der Waals surface area contributed by atoms with Crippen LogP contribution in [0.4, 0.5) is 0 Å². The van der Waals surface area contributed by atoms with Gasteiger partial charge in [0.1, 0.15) is 11.5 Å². The van der Waals surface area contributed by atoms with Crippen molar-refractivity contribution in [3.63, 3.8) is 0 Å². The summed E-state index contributed by atoms with van der Waals surface area (Å²) in [4.78, 5) is 25.7. The highest BCUT2D eigenvalue weighted by atomic mass is 16.5. The van der Waals surface area contributed by atoms with E-state index in [0.717, 1.165) is 17.9 Å². The molecule has 3 rings (SSSR count). The van der Waals surface area contributed by atoms with Crippen molar-refractivity contribution in [3.05, 3.63) is 59.7 Å². The first-order chi connectivity index (χ1) is 11.7.